The first-order chi connectivity index (χ1) is 14.0. The Morgan fingerprint density at radius 2 is 1.90 bits per heavy atom. The van der Waals surface area contributed by atoms with Crippen molar-refractivity contribution in [3.05, 3.63) is 80.3 Å². The summed E-state index contributed by atoms with van der Waals surface area (Å²) in [4.78, 5) is 26.5. The quantitative estimate of drug-likeness (QED) is 0.487. The molecular formula is C20H19Cl2N3O4. The molecule has 152 valence electrons. The minimum Gasteiger partial charge on any atom is -0.493 e. The van der Waals surface area contributed by atoms with Gasteiger partial charge in [-0.05, 0) is 36.6 Å². The molecule has 0 aliphatic heterocycles. The number of benzene rings is 2. The minimum atomic E-state index is -0.528. The molecule has 0 radical (unpaired) electrons. The summed E-state index contributed by atoms with van der Waals surface area (Å²) < 4.78 is 6.23. The van der Waals surface area contributed by atoms with E-state index in [0.29, 0.717) is 35.8 Å². The fourth-order valence-corrected chi connectivity index (χ4v) is 3.03. The molecule has 0 aliphatic rings. The van der Waals surface area contributed by atoms with Crippen LogP contribution in [0.5, 0.6) is 5.88 Å². The predicted molar refractivity (Wildman–Crippen MR) is 111 cm³/mol. The molecule has 0 spiro atoms. The van der Waals surface area contributed by atoms with Crippen molar-refractivity contribution < 1.29 is 14.6 Å². The molecule has 0 unspecified atom stereocenters. The van der Waals surface area contributed by atoms with E-state index >= 15 is 0 Å². The van der Waals surface area contributed by atoms with Gasteiger partial charge in [0.05, 0.1) is 21.4 Å². The van der Waals surface area contributed by atoms with E-state index in [4.69, 9.17) is 27.9 Å². The number of aryl methyl sites for hydroxylation is 1. The van der Waals surface area contributed by atoms with Gasteiger partial charge < -0.3 is 20.1 Å². The van der Waals surface area contributed by atoms with Crippen LogP contribution in [0.1, 0.15) is 17.7 Å². The second-order valence-corrected chi connectivity index (χ2v) is 7.07. The molecule has 0 saturated heterocycles. The van der Waals surface area contributed by atoms with Crippen molar-refractivity contribution in [3.8, 4) is 11.6 Å². The number of rotatable bonds is 7. The maximum atomic E-state index is 12.2. The van der Waals surface area contributed by atoms with Gasteiger partial charge in [-0.3, -0.25) is 0 Å². The van der Waals surface area contributed by atoms with Gasteiger partial charge in [-0.1, -0.05) is 53.5 Å². The molecule has 3 N–H and O–H groups in total. The van der Waals surface area contributed by atoms with Crippen LogP contribution in [0.3, 0.4) is 0 Å². The lowest BCUT2D eigenvalue weighted by molar-refractivity contribution is 0.139. The van der Waals surface area contributed by atoms with Crippen LogP contribution in [0.25, 0.3) is 5.69 Å². The van der Waals surface area contributed by atoms with Crippen LogP contribution in [-0.4, -0.2) is 27.3 Å². The summed E-state index contributed by atoms with van der Waals surface area (Å²) in [6.45, 7) is 0.514. The molecule has 7 nitrogen and oxygen atoms in total. The number of H-pyrrole nitrogens is 1. The number of hydrogen-bond donors (Lipinski definition) is 3. The van der Waals surface area contributed by atoms with Gasteiger partial charge in [-0.15, -0.1) is 0 Å². The molecule has 1 aromatic heterocycles. The minimum absolute atomic E-state index is 0.188. The Bertz CT molecular complexity index is 1050. The number of halogens is 2. The highest BCUT2D eigenvalue weighted by molar-refractivity contribution is 6.42. The topological polar surface area (TPSA) is 96.4 Å². The number of aromatic amines is 1. The molecule has 2 aromatic carbocycles. The Labute approximate surface area is 176 Å². The van der Waals surface area contributed by atoms with Gasteiger partial charge >= 0.3 is 11.8 Å². The van der Waals surface area contributed by atoms with E-state index in [2.05, 4.69) is 10.3 Å². The molecule has 1 heterocycles. The standard InChI is InChI=1S/C20H19Cl2N3O4/c21-15-9-8-14(11-16(15)22)25-18(26)17(24-19(25)27)7-4-10-23-20(28)29-12-13-5-2-1-3-6-13/h1-3,5-6,8-9,11,26H,4,7,10,12H2,(H,23,28)(H,24,27). The largest absolute Gasteiger partial charge is 0.493 e. The van der Waals surface area contributed by atoms with Gasteiger partial charge in [0, 0.05) is 6.54 Å². The second kappa shape index (κ2) is 9.54. The van der Waals surface area contributed by atoms with Gasteiger partial charge in [0.1, 0.15) is 6.61 Å². The lowest BCUT2D eigenvalue weighted by atomic mass is 10.2. The first-order valence-corrected chi connectivity index (χ1v) is 9.64. The number of amides is 1. The van der Waals surface area contributed by atoms with Gasteiger partial charge in [0.25, 0.3) is 0 Å². The average Bonchev–Trinajstić information content (AvgIpc) is 3.00. The van der Waals surface area contributed by atoms with Gasteiger partial charge in [0.2, 0.25) is 5.88 Å². The molecule has 29 heavy (non-hydrogen) atoms. The van der Waals surface area contributed by atoms with E-state index in [9.17, 15) is 14.7 Å². The molecule has 0 saturated carbocycles. The SMILES string of the molecule is O=C(NCCCc1[nH]c(=O)n(-c2ccc(Cl)c(Cl)c2)c1O)OCc1ccccc1. The van der Waals surface area contributed by atoms with E-state index in [0.717, 1.165) is 10.1 Å². The van der Waals surface area contributed by atoms with Crippen molar-refractivity contribution in [3.63, 3.8) is 0 Å². The number of imidazole rings is 1. The highest BCUT2D eigenvalue weighted by Gasteiger charge is 2.15. The number of nitrogens with zero attached hydrogens (tertiary/aromatic N) is 1. The van der Waals surface area contributed by atoms with Crippen LogP contribution in [0.4, 0.5) is 4.79 Å². The summed E-state index contributed by atoms with van der Waals surface area (Å²) in [5.74, 6) is -0.208. The fourth-order valence-electron chi connectivity index (χ4n) is 2.74. The molecule has 9 heteroatoms. The second-order valence-electron chi connectivity index (χ2n) is 6.26. The first-order valence-electron chi connectivity index (χ1n) is 8.88. The smallest absolute Gasteiger partial charge is 0.407 e. The molecule has 0 atom stereocenters. The van der Waals surface area contributed by atoms with Crippen molar-refractivity contribution in [2.45, 2.75) is 19.4 Å². The van der Waals surface area contributed by atoms with Crippen molar-refractivity contribution in [1.29, 1.82) is 0 Å². The number of nitrogens with one attached hydrogen (secondary N) is 2. The lowest BCUT2D eigenvalue weighted by Gasteiger charge is -2.07. The van der Waals surface area contributed by atoms with E-state index in [1.807, 2.05) is 30.3 Å². The predicted octanol–water partition coefficient (Wildman–Crippen LogP) is 4.04. The zero-order chi connectivity index (χ0) is 20.8. The number of aromatic nitrogens is 2. The Balaban J connectivity index is 1.52. The van der Waals surface area contributed by atoms with Crippen LogP contribution in [0.15, 0.2) is 53.3 Å². The Morgan fingerprint density at radius 1 is 1.14 bits per heavy atom. The third kappa shape index (κ3) is 5.34. The van der Waals surface area contributed by atoms with Gasteiger partial charge in [0.15, 0.2) is 0 Å². The van der Waals surface area contributed by atoms with Gasteiger partial charge in [-0.25, -0.2) is 14.2 Å². The summed E-state index contributed by atoms with van der Waals surface area (Å²) in [5.41, 5.74) is 1.16. The molecule has 3 aromatic rings. The number of alkyl carbamates (subject to hydrolysis) is 1. The van der Waals surface area contributed by atoms with E-state index < -0.39 is 11.8 Å². The molecule has 0 bridgehead atoms. The first kappa shape index (κ1) is 20.8. The maximum Gasteiger partial charge on any atom is 0.407 e. The highest BCUT2D eigenvalue weighted by Crippen LogP contribution is 2.26. The van der Waals surface area contributed by atoms with Crippen molar-refractivity contribution in [2.75, 3.05) is 6.54 Å². The Morgan fingerprint density at radius 3 is 2.62 bits per heavy atom. The number of hydrogen-bond acceptors (Lipinski definition) is 4. The number of carbonyl (C=O) groups excluding carboxylic acids is 1. The summed E-state index contributed by atoms with van der Waals surface area (Å²) in [5, 5.41) is 13.6. The van der Waals surface area contributed by atoms with Gasteiger partial charge in [-0.2, -0.15) is 0 Å². The molecule has 0 aliphatic carbocycles. The fraction of sp³-hybridized carbons (Fsp3) is 0.200. The van der Waals surface area contributed by atoms with Crippen LogP contribution in [0, 0.1) is 0 Å². The van der Waals surface area contributed by atoms with E-state index in [1.54, 1.807) is 12.1 Å². The normalized spacial score (nSPS) is 10.7. The molecule has 3 rings (SSSR count). The molecule has 0 fully saturated rings. The zero-order valence-electron chi connectivity index (χ0n) is 15.3. The van der Waals surface area contributed by atoms with Crippen LogP contribution < -0.4 is 11.0 Å². The number of ether oxygens (including phenoxy) is 1. The van der Waals surface area contributed by atoms with E-state index in [-0.39, 0.29) is 17.5 Å². The zero-order valence-corrected chi connectivity index (χ0v) is 16.8. The number of aromatic hydroxyl groups is 1. The molecular weight excluding hydrogens is 417 g/mol. The third-order valence-corrected chi connectivity index (χ3v) is 4.93. The van der Waals surface area contributed by atoms with Crippen molar-refractivity contribution in [1.82, 2.24) is 14.9 Å². The van der Waals surface area contributed by atoms with Crippen molar-refractivity contribution in [2.24, 2.45) is 0 Å². The summed E-state index contributed by atoms with van der Waals surface area (Å²) in [7, 11) is 0. The van der Waals surface area contributed by atoms with E-state index in [1.165, 1.54) is 6.07 Å². The lowest BCUT2D eigenvalue weighted by Crippen LogP contribution is -2.25. The third-order valence-electron chi connectivity index (χ3n) is 4.19. The highest BCUT2D eigenvalue weighted by atomic mass is 35.5. The average molecular weight is 436 g/mol. The maximum absolute atomic E-state index is 12.2. The molecule has 1 amide bonds. The van der Waals surface area contributed by atoms with Crippen LogP contribution >= 0.6 is 23.2 Å². The van der Waals surface area contributed by atoms with Crippen molar-refractivity contribution >= 4 is 29.3 Å². The summed E-state index contributed by atoms with van der Waals surface area (Å²) in [6.07, 6.45) is 0.323. The summed E-state index contributed by atoms with van der Waals surface area (Å²) in [6, 6.07) is 14.0. The Kier molecular flexibility index (Phi) is 6.85. The monoisotopic (exact) mass is 435 g/mol. The summed E-state index contributed by atoms with van der Waals surface area (Å²) >= 11 is 11.9. The van der Waals surface area contributed by atoms with Crippen LogP contribution in [0.2, 0.25) is 10.0 Å². The van der Waals surface area contributed by atoms with Crippen LogP contribution in [-0.2, 0) is 17.8 Å². The Hall–Kier alpha value is -2.90. The number of carbonyl (C=O) groups is 1.